The van der Waals surface area contributed by atoms with E-state index in [1.54, 1.807) is 31.2 Å². The zero-order valence-corrected chi connectivity index (χ0v) is 15.3. The molecule has 0 fully saturated rings. The van der Waals surface area contributed by atoms with Crippen LogP contribution in [-0.2, 0) is 9.63 Å². The largest absolute Gasteiger partial charge is 0.493 e. The second kappa shape index (κ2) is 9.05. The van der Waals surface area contributed by atoms with Gasteiger partial charge in [0.05, 0.1) is 25.5 Å². The fourth-order valence-electron chi connectivity index (χ4n) is 2.07. The minimum absolute atomic E-state index is 0.326. The molecule has 26 heavy (non-hydrogen) atoms. The summed E-state index contributed by atoms with van der Waals surface area (Å²) in [5.74, 6) is 0.000325. The first-order valence-corrected chi connectivity index (χ1v) is 7.95. The molecular formula is C18H18ClFN2O4. The molecular weight excluding hydrogens is 363 g/mol. The quantitative estimate of drug-likeness (QED) is 0.586. The van der Waals surface area contributed by atoms with Crippen molar-refractivity contribution >= 4 is 29.4 Å². The predicted octanol–water partition coefficient (Wildman–Crippen LogP) is 3.79. The fraction of sp³-hybridized carbons (Fsp3) is 0.222. The summed E-state index contributed by atoms with van der Waals surface area (Å²) in [5, 5.41) is 6.58. The maximum absolute atomic E-state index is 13.4. The number of anilines is 1. The minimum Gasteiger partial charge on any atom is -0.493 e. The summed E-state index contributed by atoms with van der Waals surface area (Å²) in [4.78, 5) is 16.7. The molecule has 6 nitrogen and oxygen atoms in total. The van der Waals surface area contributed by atoms with E-state index in [-0.39, 0.29) is 6.61 Å². The Balaban J connectivity index is 1.91. The van der Waals surface area contributed by atoms with Crippen LogP contribution in [0.25, 0.3) is 0 Å². The van der Waals surface area contributed by atoms with E-state index in [2.05, 4.69) is 10.5 Å². The molecule has 0 saturated carbocycles. The van der Waals surface area contributed by atoms with Crippen LogP contribution >= 0.6 is 11.6 Å². The van der Waals surface area contributed by atoms with Crippen LogP contribution in [0, 0.1) is 12.7 Å². The van der Waals surface area contributed by atoms with E-state index in [0.717, 1.165) is 0 Å². The van der Waals surface area contributed by atoms with Gasteiger partial charge in [0.2, 0.25) is 0 Å². The van der Waals surface area contributed by atoms with E-state index in [4.69, 9.17) is 25.9 Å². The first-order chi connectivity index (χ1) is 12.4. The van der Waals surface area contributed by atoms with Crippen molar-refractivity contribution in [2.45, 2.75) is 6.92 Å². The Kier molecular flexibility index (Phi) is 6.80. The highest BCUT2D eigenvalue weighted by molar-refractivity contribution is 6.32. The molecule has 0 atom stereocenters. The van der Waals surface area contributed by atoms with Crippen LogP contribution in [0.2, 0.25) is 5.02 Å². The van der Waals surface area contributed by atoms with Gasteiger partial charge in [-0.25, -0.2) is 4.39 Å². The number of amides is 1. The first-order valence-electron chi connectivity index (χ1n) is 7.57. The van der Waals surface area contributed by atoms with E-state index in [1.165, 1.54) is 26.5 Å². The molecule has 0 saturated heterocycles. The molecule has 0 spiro atoms. The molecule has 2 aromatic rings. The van der Waals surface area contributed by atoms with Gasteiger partial charge in [-0.05, 0) is 36.8 Å². The number of benzene rings is 2. The van der Waals surface area contributed by atoms with Gasteiger partial charge in [0, 0.05) is 11.3 Å². The molecule has 0 radical (unpaired) electrons. The lowest BCUT2D eigenvalue weighted by atomic mass is 10.2. The fourth-order valence-corrected chi connectivity index (χ4v) is 2.37. The molecule has 138 valence electrons. The lowest BCUT2D eigenvalue weighted by Crippen LogP contribution is -2.17. The van der Waals surface area contributed by atoms with Crippen molar-refractivity contribution in [3.8, 4) is 11.5 Å². The van der Waals surface area contributed by atoms with E-state index < -0.39 is 11.7 Å². The molecule has 2 aromatic carbocycles. The Bertz CT molecular complexity index is 827. The molecule has 0 aliphatic heterocycles. The molecule has 1 N–H and O–H groups in total. The Morgan fingerprint density at radius 1 is 1.27 bits per heavy atom. The highest BCUT2D eigenvalue weighted by Gasteiger charge is 2.10. The van der Waals surface area contributed by atoms with Crippen LogP contribution in [-0.4, -0.2) is 32.9 Å². The van der Waals surface area contributed by atoms with Crippen molar-refractivity contribution in [2.24, 2.45) is 5.16 Å². The van der Waals surface area contributed by atoms with Gasteiger partial charge < -0.3 is 19.6 Å². The molecule has 0 aliphatic carbocycles. The van der Waals surface area contributed by atoms with Crippen LogP contribution in [0.1, 0.15) is 11.1 Å². The topological polar surface area (TPSA) is 69.2 Å². The van der Waals surface area contributed by atoms with Crippen LogP contribution in [0.5, 0.6) is 11.5 Å². The number of carbonyl (C=O) groups excluding carboxylic acids is 1. The van der Waals surface area contributed by atoms with Crippen LogP contribution in [0.3, 0.4) is 0 Å². The third kappa shape index (κ3) is 5.10. The van der Waals surface area contributed by atoms with Gasteiger partial charge in [-0.1, -0.05) is 22.8 Å². The highest BCUT2D eigenvalue weighted by Crippen LogP contribution is 2.35. The third-order valence-corrected chi connectivity index (χ3v) is 3.66. The average molecular weight is 381 g/mol. The van der Waals surface area contributed by atoms with Gasteiger partial charge in [0.1, 0.15) is 5.82 Å². The number of rotatable bonds is 7. The van der Waals surface area contributed by atoms with Crippen LogP contribution in [0.15, 0.2) is 35.5 Å². The van der Waals surface area contributed by atoms with Gasteiger partial charge in [-0.15, -0.1) is 0 Å². The summed E-state index contributed by atoms with van der Waals surface area (Å²) in [6, 6.07) is 7.69. The Morgan fingerprint density at radius 2 is 2.04 bits per heavy atom. The van der Waals surface area contributed by atoms with Crippen molar-refractivity contribution in [2.75, 3.05) is 26.1 Å². The number of nitrogens with zero attached hydrogens (tertiary/aromatic N) is 1. The monoisotopic (exact) mass is 380 g/mol. The second-order valence-corrected chi connectivity index (χ2v) is 5.67. The smallest absolute Gasteiger partial charge is 0.265 e. The molecule has 2 rings (SSSR count). The van der Waals surface area contributed by atoms with Crippen molar-refractivity contribution < 1.29 is 23.5 Å². The standard InChI is InChI=1S/C18H18ClFN2O4/c1-11-4-5-13(8-15(11)20)22-17(23)10-26-21-9-12-6-14(19)18(25-3)16(7-12)24-2/h4-9H,10H2,1-3H3,(H,22,23)/b21-9+. The normalized spacial score (nSPS) is 10.7. The minimum atomic E-state index is -0.462. The van der Waals surface area contributed by atoms with Crippen LogP contribution in [0.4, 0.5) is 10.1 Å². The van der Waals surface area contributed by atoms with E-state index >= 15 is 0 Å². The molecule has 8 heteroatoms. The van der Waals surface area contributed by atoms with Gasteiger partial charge in [-0.3, -0.25) is 4.79 Å². The number of nitrogens with one attached hydrogen (secondary N) is 1. The van der Waals surface area contributed by atoms with Crippen molar-refractivity contribution in [3.63, 3.8) is 0 Å². The van der Waals surface area contributed by atoms with Crippen molar-refractivity contribution in [1.29, 1.82) is 0 Å². The maximum Gasteiger partial charge on any atom is 0.265 e. The number of aryl methyl sites for hydroxylation is 1. The predicted molar refractivity (Wildman–Crippen MR) is 97.9 cm³/mol. The molecule has 0 aromatic heterocycles. The number of halogens is 2. The van der Waals surface area contributed by atoms with E-state index in [9.17, 15) is 9.18 Å². The lowest BCUT2D eigenvalue weighted by molar-refractivity contribution is -0.120. The zero-order chi connectivity index (χ0) is 19.1. The number of oxime groups is 1. The SMILES string of the molecule is COc1cc(/C=N/OCC(=O)Nc2ccc(C)c(F)c2)cc(Cl)c1OC. The van der Waals surface area contributed by atoms with Gasteiger partial charge in [-0.2, -0.15) is 0 Å². The van der Waals surface area contributed by atoms with Gasteiger partial charge in [0.15, 0.2) is 18.1 Å². The summed E-state index contributed by atoms with van der Waals surface area (Å²) in [5.41, 5.74) is 1.45. The van der Waals surface area contributed by atoms with Crippen molar-refractivity contribution in [1.82, 2.24) is 0 Å². The van der Waals surface area contributed by atoms with E-state index in [1.807, 2.05) is 0 Å². The summed E-state index contributed by atoms with van der Waals surface area (Å²) >= 11 is 6.09. The summed E-state index contributed by atoms with van der Waals surface area (Å²) in [7, 11) is 2.98. The molecule has 0 bridgehead atoms. The lowest BCUT2D eigenvalue weighted by Gasteiger charge is -2.09. The Labute approximate surface area is 155 Å². The van der Waals surface area contributed by atoms with Crippen molar-refractivity contribution in [3.05, 3.63) is 52.3 Å². The number of ether oxygens (including phenoxy) is 2. The first kappa shape index (κ1) is 19.5. The number of carbonyl (C=O) groups is 1. The molecule has 0 unspecified atom stereocenters. The second-order valence-electron chi connectivity index (χ2n) is 5.26. The molecule has 0 aliphatic rings. The molecule has 1 amide bonds. The third-order valence-electron chi connectivity index (χ3n) is 3.38. The summed E-state index contributed by atoms with van der Waals surface area (Å²) < 4.78 is 23.8. The number of hydrogen-bond acceptors (Lipinski definition) is 5. The molecule has 0 heterocycles. The number of hydrogen-bond donors (Lipinski definition) is 1. The maximum atomic E-state index is 13.4. The van der Waals surface area contributed by atoms with Crippen LogP contribution < -0.4 is 14.8 Å². The zero-order valence-electron chi connectivity index (χ0n) is 14.5. The van der Waals surface area contributed by atoms with Gasteiger partial charge in [0.25, 0.3) is 5.91 Å². The Morgan fingerprint density at radius 3 is 2.69 bits per heavy atom. The highest BCUT2D eigenvalue weighted by atomic mass is 35.5. The van der Waals surface area contributed by atoms with Gasteiger partial charge >= 0.3 is 0 Å². The average Bonchev–Trinajstić information content (AvgIpc) is 2.61. The summed E-state index contributed by atoms with van der Waals surface area (Å²) in [6.45, 7) is 1.31. The Hall–Kier alpha value is -2.80. The summed E-state index contributed by atoms with van der Waals surface area (Å²) in [6.07, 6.45) is 1.38. The van der Waals surface area contributed by atoms with E-state index in [0.29, 0.717) is 33.3 Å². The number of methoxy groups -OCH3 is 2.